The minimum atomic E-state index is -0.607. The molecule has 2 aliphatic rings. The lowest BCUT2D eigenvalue weighted by Gasteiger charge is -2.40. The zero-order valence-corrected chi connectivity index (χ0v) is 30.9. The van der Waals surface area contributed by atoms with Gasteiger partial charge in [0.1, 0.15) is 11.4 Å². The van der Waals surface area contributed by atoms with Crippen molar-refractivity contribution in [2.75, 3.05) is 33.4 Å². The molecule has 1 saturated heterocycles. The number of piperidine rings is 1. The molecule has 0 radical (unpaired) electrons. The van der Waals surface area contributed by atoms with E-state index in [0.29, 0.717) is 39.3 Å². The van der Waals surface area contributed by atoms with Gasteiger partial charge in [0.25, 0.3) is 0 Å². The topological polar surface area (TPSA) is 68.3 Å². The molecule has 7 nitrogen and oxygen atoms in total. The molecule has 2 fully saturated rings. The number of carbonyl (C=O) groups is 2. The van der Waals surface area contributed by atoms with Crippen LogP contribution >= 0.6 is 0 Å². The lowest BCUT2D eigenvalue weighted by molar-refractivity contribution is -0.139. The summed E-state index contributed by atoms with van der Waals surface area (Å²) in [7, 11) is 1.70. The molecule has 2 amide bonds. The third kappa shape index (κ3) is 11.1. The first-order valence-electron chi connectivity index (χ1n) is 18.3. The second-order valence-corrected chi connectivity index (χ2v) is 14.0. The molecular formula is C42H58N2O5. The summed E-state index contributed by atoms with van der Waals surface area (Å²) in [5, 5.41) is 0. The van der Waals surface area contributed by atoms with Crippen molar-refractivity contribution in [3.63, 3.8) is 0 Å². The van der Waals surface area contributed by atoms with Crippen molar-refractivity contribution in [3.8, 4) is 16.9 Å². The Labute approximate surface area is 294 Å². The monoisotopic (exact) mass is 670 g/mol. The molecule has 266 valence electrons. The van der Waals surface area contributed by atoms with Crippen molar-refractivity contribution in [1.82, 2.24) is 9.80 Å². The maximum absolute atomic E-state index is 14.8. The van der Waals surface area contributed by atoms with Crippen LogP contribution in [0.25, 0.3) is 11.1 Å². The number of methoxy groups -OCH3 is 1. The van der Waals surface area contributed by atoms with Crippen molar-refractivity contribution in [2.45, 2.75) is 104 Å². The smallest absolute Gasteiger partial charge is 0.410 e. The van der Waals surface area contributed by atoms with Gasteiger partial charge < -0.3 is 24.0 Å². The highest BCUT2D eigenvalue weighted by Crippen LogP contribution is 2.39. The number of carbonyl (C=O) groups excluding carboxylic acids is 2. The van der Waals surface area contributed by atoms with Crippen LogP contribution in [0, 0.1) is 5.92 Å². The van der Waals surface area contributed by atoms with Crippen LogP contribution in [0.4, 0.5) is 4.79 Å². The maximum Gasteiger partial charge on any atom is 0.410 e. The van der Waals surface area contributed by atoms with Gasteiger partial charge >= 0.3 is 6.09 Å². The zero-order chi connectivity index (χ0) is 35.4. The molecule has 0 unspecified atom stereocenters. The fourth-order valence-electron chi connectivity index (χ4n) is 6.59. The summed E-state index contributed by atoms with van der Waals surface area (Å²) in [5.41, 5.74) is 5.12. The van der Waals surface area contributed by atoms with Crippen LogP contribution in [0.15, 0.2) is 72.8 Å². The number of hydrogen-bond acceptors (Lipinski definition) is 5. The summed E-state index contributed by atoms with van der Waals surface area (Å²) in [4.78, 5) is 31.9. The number of aryl methyl sites for hydroxylation is 1. The number of nitrogens with zero attached hydrogens (tertiary/aromatic N) is 2. The quantitative estimate of drug-likeness (QED) is 0.170. The minimum absolute atomic E-state index is 0.0165. The minimum Gasteiger partial charge on any atom is -0.493 e. The highest BCUT2D eigenvalue weighted by Gasteiger charge is 2.43. The van der Waals surface area contributed by atoms with Gasteiger partial charge in [-0.05, 0) is 92.3 Å². The summed E-state index contributed by atoms with van der Waals surface area (Å²) in [5.74, 6) is 0.553. The van der Waals surface area contributed by atoms with Crippen molar-refractivity contribution >= 4 is 12.0 Å². The number of likely N-dealkylation sites (tertiary alicyclic amines) is 1. The second-order valence-electron chi connectivity index (χ2n) is 14.0. The van der Waals surface area contributed by atoms with E-state index < -0.39 is 5.60 Å². The lowest BCUT2D eigenvalue weighted by Crippen LogP contribution is -2.51. The van der Waals surface area contributed by atoms with E-state index >= 15 is 0 Å². The average Bonchev–Trinajstić information content (AvgIpc) is 3.95. The third-order valence-corrected chi connectivity index (χ3v) is 8.95. The van der Waals surface area contributed by atoms with E-state index in [0.717, 1.165) is 60.1 Å². The molecule has 1 aliphatic carbocycles. The fourth-order valence-corrected chi connectivity index (χ4v) is 6.59. The predicted molar refractivity (Wildman–Crippen MR) is 198 cm³/mol. The van der Waals surface area contributed by atoms with Crippen LogP contribution < -0.4 is 4.74 Å². The summed E-state index contributed by atoms with van der Waals surface area (Å²) in [6.45, 7) is 14.5. The predicted octanol–water partition coefficient (Wildman–Crippen LogP) is 9.28. The highest BCUT2D eigenvalue weighted by atomic mass is 16.6. The third-order valence-electron chi connectivity index (χ3n) is 8.95. The normalized spacial score (nSPS) is 17.5. The molecule has 1 saturated carbocycles. The number of amides is 2. The van der Waals surface area contributed by atoms with Gasteiger partial charge in [-0.2, -0.15) is 0 Å². The van der Waals surface area contributed by atoms with Gasteiger partial charge in [-0.3, -0.25) is 4.79 Å². The zero-order valence-electron chi connectivity index (χ0n) is 30.9. The molecule has 2 atom stereocenters. The Morgan fingerprint density at radius 2 is 1.59 bits per heavy atom. The van der Waals surface area contributed by atoms with Crippen molar-refractivity contribution in [1.29, 1.82) is 0 Å². The van der Waals surface area contributed by atoms with Crippen molar-refractivity contribution in [2.24, 2.45) is 5.92 Å². The van der Waals surface area contributed by atoms with E-state index in [9.17, 15) is 9.59 Å². The van der Waals surface area contributed by atoms with E-state index in [1.54, 1.807) is 12.0 Å². The van der Waals surface area contributed by atoms with Gasteiger partial charge in [-0.25, -0.2) is 4.79 Å². The van der Waals surface area contributed by atoms with Crippen molar-refractivity contribution < 1.29 is 23.8 Å². The molecule has 0 aromatic heterocycles. The van der Waals surface area contributed by atoms with E-state index in [1.807, 2.05) is 52.8 Å². The van der Waals surface area contributed by atoms with Gasteiger partial charge in [0.15, 0.2) is 0 Å². The van der Waals surface area contributed by atoms with Gasteiger partial charge in [0.05, 0.1) is 12.5 Å². The number of ether oxygens (including phenoxy) is 3. The molecule has 1 aliphatic heterocycles. The van der Waals surface area contributed by atoms with Crippen LogP contribution in [0.3, 0.4) is 0 Å². The molecule has 0 N–H and O–H groups in total. The second kappa shape index (κ2) is 18.2. The molecular weight excluding hydrogens is 612 g/mol. The summed E-state index contributed by atoms with van der Waals surface area (Å²) in [6.07, 6.45) is 5.13. The van der Waals surface area contributed by atoms with Crippen LogP contribution in [0.5, 0.6) is 5.75 Å². The highest BCUT2D eigenvalue weighted by molar-refractivity contribution is 5.82. The number of hydrogen-bond donors (Lipinski definition) is 0. The van der Waals surface area contributed by atoms with Gasteiger partial charge in [-0.15, -0.1) is 0 Å². The van der Waals surface area contributed by atoms with Crippen LogP contribution in [0.1, 0.15) is 96.3 Å². The summed E-state index contributed by atoms with van der Waals surface area (Å²) < 4.78 is 17.1. The van der Waals surface area contributed by atoms with Crippen molar-refractivity contribution in [3.05, 3.63) is 89.5 Å². The van der Waals surface area contributed by atoms with Gasteiger partial charge in [0.2, 0.25) is 5.91 Å². The lowest BCUT2D eigenvalue weighted by atomic mass is 9.79. The Kier molecular flexibility index (Phi) is 14.1. The molecule has 0 spiro atoms. The Bertz CT molecular complexity index is 1480. The maximum atomic E-state index is 14.8. The Hall–Kier alpha value is -3.84. The fraction of sp³-hybridized carbons (Fsp3) is 0.524. The van der Waals surface area contributed by atoms with Gasteiger partial charge in [-0.1, -0.05) is 87.9 Å². The molecule has 3 aromatic rings. The first-order valence-corrected chi connectivity index (χ1v) is 18.3. The Balaban J connectivity index is 0.00000265. The number of benzene rings is 3. The molecule has 3 aromatic carbocycles. The average molecular weight is 671 g/mol. The first-order chi connectivity index (χ1) is 23.6. The van der Waals surface area contributed by atoms with Gasteiger partial charge in [0, 0.05) is 45.8 Å². The molecule has 49 heavy (non-hydrogen) atoms. The van der Waals surface area contributed by atoms with Crippen LogP contribution in [-0.4, -0.2) is 66.9 Å². The SMILES string of the molecule is CC.CCCc1cc(CN(C(=O)[C@H]2CN(C(=O)OC(C)(C)C)CC[C@@H]2c2cccc(-c3ccccc3)c2)C2CC2)cc(OCCCOC)c1. The standard InChI is InChI=1S/C40H52N2O5.C2H6/c1-6-12-29-23-30(25-35(24-29)46-22-11-21-45-5)27-42(34-17-18-34)38(43)37-28-41(39(44)47-40(2,3)4)20-19-36(37)33-16-10-15-32(26-33)31-13-8-7-9-14-31;1-2/h7-10,13-16,23-26,34,36-37H,6,11-12,17-22,27-28H2,1-5H3;1-2H3/t36-,37+;/m1./s1. The first kappa shape index (κ1) is 38.0. The summed E-state index contributed by atoms with van der Waals surface area (Å²) in [6, 6.07) is 25.6. The summed E-state index contributed by atoms with van der Waals surface area (Å²) >= 11 is 0. The Morgan fingerprint density at radius 1 is 0.878 bits per heavy atom. The van der Waals surface area contributed by atoms with E-state index in [2.05, 4.69) is 66.4 Å². The van der Waals surface area contributed by atoms with Crippen LogP contribution in [0.2, 0.25) is 0 Å². The molecule has 7 heteroatoms. The van der Waals surface area contributed by atoms with Crippen LogP contribution in [-0.2, 0) is 27.2 Å². The number of rotatable bonds is 13. The largest absolute Gasteiger partial charge is 0.493 e. The molecule has 5 rings (SSSR count). The van der Waals surface area contributed by atoms with E-state index in [1.165, 1.54) is 5.56 Å². The molecule has 0 bridgehead atoms. The van der Waals surface area contributed by atoms with E-state index in [-0.39, 0.29) is 29.9 Å². The Morgan fingerprint density at radius 3 is 2.27 bits per heavy atom. The van der Waals surface area contributed by atoms with E-state index in [4.69, 9.17) is 14.2 Å². The molecule has 1 heterocycles.